The number of hydrogen-bond acceptors (Lipinski definition) is 7. The maximum absolute atomic E-state index is 12.9. The molecular weight excluding hydrogens is 456 g/mol. The smallest absolute Gasteiger partial charge is 0.261 e. The van der Waals surface area contributed by atoms with Gasteiger partial charge in [0.2, 0.25) is 17.6 Å². The van der Waals surface area contributed by atoms with Crippen LogP contribution in [0.25, 0.3) is 22.3 Å². The van der Waals surface area contributed by atoms with Crippen molar-refractivity contribution in [2.45, 2.75) is 33.2 Å². The molecule has 1 saturated heterocycles. The highest BCUT2D eigenvalue weighted by atomic mass is 16.5. The van der Waals surface area contributed by atoms with Gasteiger partial charge in [0.05, 0.1) is 17.2 Å². The van der Waals surface area contributed by atoms with Gasteiger partial charge in [-0.1, -0.05) is 47.1 Å². The number of rotatable bonds is 7. The summed E-state index contributed by atoms with van der Waals surface area (Å²) in [4.78, 5) is 38.8. The number of hydrogen-bond donors (Lipinski definition) is 0. The van der Waals surface area contributed by atoms with Gasteiger partial charge in [0.1, 0.15) is 6.54 Å². The lowest BCUT2D eigenvalue weighted by atomic mass is 10.1. The van der Waals surface area contributed by atoms with Gasteiger partial charge in [-0.3, -0.25) is 19.1 Å². The Kier molecular flexibility index (Phi) is 6.90. The molecule has 0 bridgehead atoms. The van der Waals surface area contributed by atoms with E-state index in [-0.39, 0.29) is 18.0 Å². The maximum Gasteiger partial charge on any atom is 0.261 e. The summed E-state index contributed by atoms with van der Waals surface area (Å²) in [5, 5.41) is 4.64. The van der Waals surface area contributed by atoms with E-state index in [1.165, 1.54) is 16.5 Å². The zero-order valence-corrected chi connectivity index (χ0v) is 20.7. The number of aryl methyl sites for hydroxylation is 3. The van der Waals surface area contributed by atoms with Crippen LogP contribution in [0.3, 0.4) is 0 Å². The van der Waals surface area contributed by atoms with Gasteiger partial charge < -0.3 is 9.42 Å². The number of piperazine rings is 1. The van der Waals surface area contributed by atoms with Crippen LogP contribution in [0.4, 0.5) is 0 Å². The molecular formula is C27H30N6O3. The van der Waals surface area contributed by atoms with Gasteiger partial charge in [-0.2, -0.15) is 4.98 Å². The van der Waals surface area contributed by atoms with E-state index in [1.807, 2.05) is 55.1 Å². The highest BCUT2D eigenvalue weighted by Gasteiger charge is 2.22. The third-order valence-electron chi connectivity index (χ3n) is 6.73. The van der Waals surface area contributed by atoms with Crippen LogP contribution >= 0.6 is 0 Å². The Morgan fingerprint density at radius 3 is 2.58 bits per heavy atom. The first kappa shape index (κ1) is 23.9. The standard InChI is InChI=1S/C27H30N6O3/c1-19-8-10-21(11-9-19)26-29-23(36-30-26)7-4-12-31-13-15-32(16-14-31)24(34)17-33-18-28-25-20(2)5-3-6-22(25)27(33)35/h3,5-6,8-11,18H,4,7,12-17H2,1-2H3. The summed E-state index contributed by atoms with van der Waals surface area (Å²) >= 11 is 0. The predicted octanol–water partition coefficient (Wildman–Crippen LogP) is 2.84. The first-order valence-electron chi connectivity index (χ1n) is 12.3. The van der Waals surface area contributed by atoms with Gasteiger partial charge in [-0.15, -0.1) is 0 Å². The Bertz CT molecular complexity index is 1420. The summed E-state index contributed by atoms with van der Waals surface area (Å²) in [7, 11) is 0. The van der Waals surface area contributed by atoms with Crippen LogP contribution in [0, 0.1) is 13.8 Å². The van der Waals surface area contributed by atoms with Gasteiger partial charge in [0.25, 0.3) is 5.56 Å². The summed E-state index contributed by atoms with van der Waals surface area (Å²) in [5.41, 5.74) is 3.60. The quantitative estimate of drug-likeness (QED) is 0.396. The van der Waals surface area contributed by atoms with Crippen molar-refractivity contribution in [1.82, 2.24) is 29.5 Å². The first-order valence-corrected chi connectivity index (χ1v) is 12.3. The van der Waals surface area contributed by atoms with Crippen molar-refractivity contribution in [3.8, 4) is 11.4 Å². The highest BCUT2D eigenvalue weighted by molar-refractivity contribution is 5.81. The molecule has 0 atom stereocenters. The van der Waals surface area contributed by atoms with Crippen molar-refractivity contribution < 1.29 is 9.32 Å². The molecule has 0 saturated carbocycles. The molecule has 1 amide bonds. The summed E-state index contributed by atoms with van der Waals surface area (Å²) in [6, 6.07) is 13.6. The van der Waals surface area contributed by atoms with E-state index >= 15 is 0 Å². The van der Waals surface area contributed by atoms with E-state index in [2.05, 4.69) is 20.0 Å². The zero-order valence-electron chi connectivity index (χ0n) is 20.7. The molecule has 0 aliphatic carbocycles. The molecule has 0 radical (unpaired) electrons. The lowest BCUT2D eigenvalue weighted by molar-refractivity contribution is -0.133. The molecule has 0 unspecified atom stereocenters. The minimum atomic E-state index is -0.178. The van der Waals surface area contributed by atoms with Crippen molar-refractivity contribution in [2.24, 2.45) is 0 Å². The van der Waals surface area contributed by atoms with E-state index in [1.54, 1.807) is 6.07 Å². The van der Waals surface area contributed by atoms with Gasteiger partial charge in [-0.05, 0) is 38.4 Å². The van der Waals surface area contributed by atoms with E-state index in [0.29, 0.717) is 35.7 Å². The first-order chi connectivity index (χ1) is 17.5. The van der Waals surface area contributed by atoms with Crippen molar-refractivity contribution in [2.75, 3.05) is 32.7 Å². The molecule has 4 aromatic rings. The van der Waals surface area contributed by atoms with Gasteiger partial charge in [0.15, 0.2) is 0 Å². The number of para-hydroxylation sites is 1. The average Bonchev–Trinajstić information content (AvgIpc) is 3.36. The maximum atomic E-state index is 12.9. The number of fused-ring (bicyclic) bond motifs is 1. The van der Waals surface area contributed by atoms with E-state index in [9.17, 15) is 9.59 Å². The van der Waals surface area contributed by atoms with Crippen LogP contribution in [0.5, 0.6) is 0 Å². The van der Waals surface area contributed by atoms with Gasteiger partial charge >= 0.3 is 0 Å². The molecule has 1 aliphatic rings. The van der Waals surface area contributed by atoms with Crippen LogP contribution in [-0.2, 0) is 17.8 Å². The Balaban J connectivity index is 1.09. The molecule has 1 aliphatic heterocycles. The highest BCUT2D eigenvalue weighted by Crippen LogP contribution is 2.17. The number of carbonyl (C=O) groups excluding carboxylic acids is 1. The van der Waals surface area contributed by atoms with Crippen LogP contribution in [-0.4, -0.2) is 68.1 Å². The molecule has 2 aromatic carbocycles. The van der Waals surface area contributed by atoms with Crippen molar-refractivity contribution >= 4 is 16.8 Å². The van der Waals surface area contributed by atoms with Crippen LogP contribution in [0.1, 0.15) is 23.4 Å². The SMILES string of the molecule is Cc1ccc(-c2noc(CCCN3CCN(C(=O)Cn4cnc5c(C)cccc5c4=O)CC3)n2)cc1. The van der Waals surface area contributed by atoms with Crippen molar-refractivity contribution in [1.29, 1.82) is 0 Å². The summed E-state index contributed by atoms with van der Waals surface area (Å²) in [5.74, 6) is 1.21. The number of carbonyl (C=O) groups is 1. The lowest BCUT2D eigenvalue weighted by Gasteiger charge is -2.34. The molecule has 0 spiro atoms. The minimum Gasteiger partial charge on any atom is -0.339 e. The van der Waals surface area contributed by atoms with Crippen LogP contribution in [0.2, 0.25) is 0 Å². The second-order valence-electron chi connectivity index (χ2n) is 9.35. The molecule has 0 N–H and O–H groups in total. The molecule has 3 heterocycles. The molecule has 186 valence electrons. The monoisotopic (exact) mass is 486 g/mol. The van der Waals surface area contributed by atoms with Gasteiger partial charge in [0, 0.05) is 38.2 Å². The number of aromatic nitrogens is 4. The van der Waals surface area contributed by atoms with Gasteiger partial charge in [-0.25, -0.2) is 4.98 Å². The average molecular weight is 487 g/mol. The zero-order chi connectivity index (χ0) is 25.1. The summed E-state index contributed by atoms with van der Waals surface area (Å²) < 4.78 is 6.83. The number of amides is 1. The number of benzene rings is 2. The minimum absolute atomic E-state index is 0.0101. The second kappa shape index (κ2) is 10.4. The molecule has 9 nitrogen and oxygen atoms in total. The molecule has 5 rings (SSSR count). The predicted molar refractivity (Wildman–Crippen MR) is 137 cm³/mol. The van der Waals surface area contributed by atoms with Crippen LogP contribution in [0.15, 0.2) is 58.1 Å². The Labute approximate surface area is 209 Å². The summed E-state index contributed by atoms with van der Waals surface area (Å²) in [6.07, 6.45) is 3.10. The van der Waals surface area contributed by atoms with E-state index in [0.717, 1.165) is 43.6 Å². The van der Waals surface area contributed by atoms with Crippen LogP contribution < -0.4 is 5.56 Å². The third-order valence-corrected chi connectivity index (χ3v) is 6.73. The third kappa shape index (κ3) is 5.21. The molecule has 9 heteroatoms. The second-order valence-corrected chi connectivity index (χ2v) is 9.35. The largest absolute Gasteiger partial charge is 0.339 e. The normalized spacial score (nSPS) is 14.4. The summed E-state index contributed by atoms with van der Waals surface area (Å²) in [6.45, 7) is 7.77. The fraction of sp³-hybridized carbons (Fsp3) is 0.370. The van der Waals surface area contributed by atoms with Crippen molar-refractivity contribution in [3.63, 3.8) is 0 Å². The Morgan fingerprint density at radius 1 is 1.03 bits per heavy atom. The topological polar surface area (TPSA) is 97.4 Å². The fourth-order valence-electron chi connectivity index (χ4n) is 4.55. The fourth-order valence-corrected chi connectivity index (χ4v) is 4.55. The lowest BCUT2D eigenvalue weighted by Crippen LogP contribution is -2.50. The van der Waals surface area contributed by atoms with E-state index < -0.39 is 0 Å². The Hall–Kier alpha value is -3.85. The molecule has 2 aromatic heterocycles. The number of nitrogens with zero attached hydrogens (tertiary/aromatic N) is 6. The molecule has 36 heavy (non-hydrogen) atoms. The van der Waals surface area contributed by atoms with E-state index in [4.69, 9.17) is 4.52 Å². The van der Waals surface area contributed by atoms with Crippen molar-refractivity contribution in [3.05, 3.63) is 76.2 Å². The Morgan fingerprint density at radius 2 is 1.81 bits per heavy atom. The molecule has 1 fully saturated rings.